The number of nitrogens with zero attached hydrogens (tertiary/aromatic N) is 3. The van der Waals surface area contributed by atoms with E-state index in [-0.39, 0.29) is 18.3 Å². The Labute approximate surface area is 142 Å². The summed E-state index contributed by atoms with van der Waals surface area (Å²) in [7, 11) is 0. The molecule has 6 nitrogen and oxygen atoms in total. The molecule has 0 spiro atoms. The van der Waals surface area contributed by atoms with Crippen LogP contribution in [0, 0.1) is 11.6 Å². The molecule has 0 aliphatic rings. The number of hydrogen-bond acceptors (Lipinski definition) is 4. The highest BCUT2D eigenvalue weighted by Crippen LogP contribution is 2.17. The molecule has 0 aliphatic carbocycles. The third-order valence-electron chi connectivity index (χ3n) is 3.54. The fourth-order valence-electron chi connectivity index (χ4n) is 2.33. The van der Waals surface area contributed by atoms with E-state index in [1.807, 2.05) is 24.3 Å². The Morgan fingerprint density at radius 3 is 2.88 bits per heavy atom. The van der Waals surface area contributed by atoms with Gasteiger partial charge < -0.3 is 10.1 Å². The average Bonchev–Trinajstić information content (AvgIpc) is 3.01. The summed E-state index contributed by atoms with van der Waals surface area (Å²) < 4.78 is 33.0. The van der Waals surface area contributed by atoms with Gasteiger partial charge >= 0.3 is 0 Å². The molecule has 130 valence electrons. The zero-order valence-electron chi connectivity index (χ0n) is 13.3. The van der Waals surface area contributed by atoms with Crippen LogP contribution in [0.15, 0.2) is 42.5 Å². The molecule has 0 atom stereocenters. The van der Waals surface area contributed by atoms with Gasteiger partial charge in [-0.25, -0.2) is 13.5 Å². The first-order valence-corrected chi connectivity index (χ1v) is 7.76. The zero-order chi connectivity index (χ0) is 17.6. The first kappa shape index (κ1) is 16.8. The molecule has 0 radical (unpaired) electrons. The van der Waals surface area contributed by atoms with Crippen LogP contribution in [-0.4, -0.2) is 34.1 Å². The maximum absolute atomic E-state index is 13.4. The molecule has 0 unspecified atom stereocenters. The lowest BCUT2D eigenvalue weighted by atomic mass is 10.3. The normalized spacial score (nSPS) is 10.8. The second-order valence-electron chi connectivity index (χ2n) is 5.37. The Bertz CT molecular complexity index is 882. The third kappa shape index (κ3) is 4.28. The largest absolute Gasteiger partial charge is 0.481 e. The van der Waals surface area contributed by atoms with Crippen molar-refractivity contribution in [1.82, 2.24) is 20.3 Å². The SMILES string of the molecule is O=C(COc1ccc(F)cc1F)NCCCn1nnc2ccccc21. The fraction of sp³-hybridized carbons (Fsp3) is 0.235. The van der Waals surface area contributed by atoms with Gasteiger partial charge in [-0.1, -0.05) is 17.3 Å². The molecule has 0 saturated carbocycles. The highest BCUT2D eigenvalue weighted by molar-refractivity contribution is 5.77. The van der Waals surface area contributed by atoms with Crippen molar-refractivity contribution in [1.29, 1.82) is 0 Å². The van der Waals surface area contributed by atoms with Gasteiger partial charge in [-0.15, -0.1) is 5.10 Å². The Balaban J connectivity index is 1.40. The van der Waals surface area contributed by atoms with E-state index in [4.69, 9.17) is 4.74 Å². The summed E-state index contributed by atoms with van der Waals surface area (Å²) in [5, 5.41) is 10.8. The summed E-state index contributed by atoms with van der Waals surface area (Å²) in [6.45, 7) is 0.686. The van der Waals surface area contributed by atoms with Crippen molar-refractivity contribution in [3.8, 4) is 5.75 Å². The van der Waals surface area contributed by atoms with Crippen molar-refractivity contribution >= 4 is 16.9 Å². The molecule has 0 bridgehead atoms. The van der Waals surface area contributed by atoms with Gasteiger partial charge in [0.2, 0.25) is 0 Å². The van der Waals surface area contributed by atoms with Crippen molar-refractivity contribution in [2.45, 2.75) is 13.0 Å². The number of benzene rings is 2. The van der Waals surface area contributed by atoms with Crippen LogP contribution < -0.4 is 10.1 Å². The molecule has 1 aromatic heterocycles. The lowest BCUT2D eigenvalue weighted by Gasteiger charge is -2.08. The van der Waals surface area contributed by atoms with Crippen molar-refractivity contribution in [2.24, 2.45) is 0 Å². The summed E-state index contributed by atoms with van der Waals surface area (Å²) >= 11 is 0. The van der Waals surface area contributed by atoms with Crippen LogP contribution >= 0.6 is 0 Å². The van der Waals surface area contributed by atoms with Gasteiger partial charge in [0.1, 0.15) is 11.3 Å². The predicted octanol–water partition coefficient (Wildman–Crippen LogP) is 2.29. The van der Waals surface area contributed by atoms with Gasteiger partial charge in [0.15, 0.2) is 18.2 Å². The highest BCUT2D eigenvalue weighted by Gasteiger charge is 2.08. The quantitative estimate of drug-likeness (QED) is 0.667. The number of para-hydroxylation sites is 1. The summed E-state index contributed by atoms with van der Waals surface area (Å²) in [4.78, 5) is 11.7. The molecule has 25 heavy (non-hydrogen) atoms. The van der Waals surface area contributed by atoms with Gasteiger partial charge in [-0.2, -0.15) is 0 Å². The van der Waals surface area contributed by atoms with E-state index in [1.165, 1.54) is 0 Å². The van der Waals surface area contributed by atoms with Crippen LogP contribution in [0.2, 0.25) is 0 Å². The smallest absolute Gasteiger partial charge is 0.257 e. The second-order valence-corrected chi connectivity index (χ2v) is 5.37. The molecular weight excluding hydrogens is 330 g/mol. The van der Waals surface area contributed by atoms with E-state index in [1.54, 1.807) is 4.68 Å². The van der Waals surface area contributed by atoms with Crippen LogP contribution in [0.5, 0.6) is 5.75 Å². The van der Waals surface area contributed by atoms with Gasteiger partial charge in [-0.05, 0) is 30.7 Å². The van der Waals surface area contributed by atoms with Crippen LogP contribution in [-0.2, 0) is 11.3 Å². The maximum atomic E-state index is 13.4. The molecule has 3 rings (SSSR count). The van der Waals surface area contributed by atoms with Crippen LogP contribution in [0.3, 0.4) is 0 Å². The standard InChI is InChI=1S/C17H16F2N4O2/c18-12-6-7-16(13(19)10-12)25-11-17(24)20-8-3-9-23-15-5-2-1-4-14(15)21-22-23/h1-2,4-7,10H,3,8-9,11H2,(H,20,24). The van der Waals surface area contributed by atoms with E-state index in [2.05, 4.69) is 15.6 Å². The number of hydrogen-bond donors (Lipinski definition) is 1. The van der Waals surface area contributed by atoms with Crippen LogP contribution in [0.25, 0.3) is 11.0 Å². The average molecular weight is 346 g/mol. The Kier molecular flexibility index (Phi) is 5.17. The molecule has 2 aromatic carbocycles. The van der Waals surface area contributed by atoms with Gasteiger partial charge in [0, 0.05) is 19.2 Å². The molecule has 1 amide bonds. The number of carbonyl (C=O) groups is 1. The number of aromatic nitrogens is 3. The minimum absolute atomic E-state index is 0.161. The molecule has 1 N–H and O–H groups in total. The summed E-state index contributed by atoms with van der Waals surface area (Å²) in [5.41, 5.74) is 1.75. The third-order valence-corrected chi connectivity index (χ3v) is 3.54. The number of carbonyl (C=O) groups excluding carboxylic acids is 1. The molecule has 0 fully saturated rings. The predicted molar refractivity (Wildman–Crippen MR) is 87.0 cm³/mol. The lowest BCUT2D eigenvalue weighted by molar-refractivity contribution is -0.123. The van der Waals surface area contributed by atoms with Gasteiger partial charge in [0.25, 0.3) is 5.91 Å². The summed E-state index contributed by atoms with van der Waals surface area (Å²) in [6.07, 6.45) is 0.657. The Morgan fingerprint density at radius 1 is 1.20 bits per heavy atom. The number of amides is 1. The van der Waals surface area contributed by atoms with E-state index >= 15 is 0 Å². The monoisotopic (exact) mass is 346 g/mol. The fourth-order valence-corrected chi connectivity index (χ4v) is 2.33. The van der Waals surface area contributed by atoms with E-state index < -0.39 is 11.6 Å². The first-order valence-electron chi connectivity index (χ1n) is 7.76. The number of rotatable bonds is 7. The topological polar surface area (TPSA) is 69.0 Å². The van der Waals surface area contributed by atoms with Crippen molar-refractivity contribution in [2.75, 3.05) is 13.2 Å². The number of aryl methyl sites for hydroxylation is 1. The second kappa shape index (κ2) is 7.69. The molecule has 8 heteroatoms. The van der Waals surface area contributed by atoms with Crippen molar-refractivity contribution in [3.63, 3.8) is 0 Å². The Hall–Kier alpha value is -3.03. The number of halogens is 2. The highest BCUT2D eigenvalue weighted by atomic mass is 19.1. The van der Waals surface area contributed by atoms with Gasteiger partial charge in [0.05, 0.1) is 5.52 Å². The van der Waals surface area contributed by atoms with Gasteiger partial charge in [-0.3, -0.25) is 4.79 Å². The van der Waals surface area contributed by atoms with E-state index in [0.29, 0.717) is 25.6 Å². The lowest BCUT2D eigenvalue weighted by Crippen LogP contribution is -2.30. The minimum atomic E-state index is -0.842. The molecule has 3 aromatic rings. The van der Waals surface area contributed by atoms with Crippen LogP contribution in [0.1, 0.15) is 6.42 Å². The van der Waals surface area contributed by atoms with Crippen LogP contribution in [0.4, 0.5) is 8.78 Å². The first-order chi connectivity index (χ1) is 12.1. The number of nitrogens with one attached hydrogen (secondary N) is 1. The van der Waals surface area contributed by atoms with E-state index in [9.17, 15) is 13.6 Å². The van der Waals surface area contributed by atoms with Crippen molar-refractivity contribution in [3.05, 3.63) is 54.1 Å². The Morgan fingerprint density at radius 2 is 2.04 bits per heavy atom. The molecule has 0 saturated heterocycles. The molecule has 0 aliphatic heterocycles. The van der Waals surface area contributed by atoms with Crippen molar-refractivity contribution < 1.29 is 18.3 Å². The van der Waals surface area contributed by atoms with E-state index in [0.717, 1.165) is 23.2 Å². The molecule has 1 heterocycles. The maximum Gasteiger partial charge on any atom is 0.257 e. The number of ether oxygens (including phenoxy) is 1. The summed E-state index contributed by atoms with van der Waals surface area (Å²) in [5.74, 6) is -2.08. The molecular formula is C17H16F2N4O2. The zero-order valence-corrected chi connectivity index (χ0v) is 13.3. The summed E-state index contributed by atoms with van der Waals surface area (Å²) in [6, 6.07) is 10.5. The number of fused-ring (bicyclic) bond motifs is 1. The minimum Gasteiger partial charge on any atom is -0.481 e.